The van der Waals surface area contributed by atoms with Crippen molar-refractivity contribution in [3.8, 4) is 11.5 Å². The fourth-order valence-corrected chi connectivity index (χ4v) is 2.86. The molecule has 112 valence electrons. The van der Waals surface area contributed by atoms with E-state index in [1.54, 1.807) is 23.1 Å². The van der Waals surface area contributed by atoms with Crippen LogP contribution in [0.4, 0.5) is 0 Å². The van der Waals surface area contributed by atoms with Crippen LogP contribution in [-0.2, 0) is 0 Å². The fraction of sp³-hybridized carbons (Fsp3) is 0.0625. The van der Waals surface area contributed by atoms with Crippen molar-refractivity contribution in [1.29, 1.82) is 0 Å². The Morgan fingerprint density at radius 3 is 2.70 bits per heavy atom. The highest BCUT2D eigenvalue weighted by atomic mass is 32.1. The minimum Gasteiger partial charge on any atom is -0.261 e. The lowest BCUT2D eigenvalue weighted by Crippen LogP contribution is -1.93. The van der Waals surface area contributed by atoms with Gasteiger partial charge in [-0.3, -0.25) is 4.98 Å². The third kappa shape index (κ3) is 2.74. The SMILES string of the molecule is Cc1ccc(C=Cc2nn3c(-c4cnccn4)nnc3s2)cc1. The first-order valence-electron chi connectivity index (χ1n) is 7.03. The predicted molar refractivity (Wildman–Crippen MR) is 89.8 cm³/mol. The van der Waals surface area contributed by atoms with Gasteiger partial charge in [0.25, 0.3) is 0 Å². The molecular weight excluding hydrogens is 308 g/mol. The number of nitrogens with zero attached hydrogens (tertiary/aromatic N) is 6. The summed E-state index contributed by atoms with van der Waals surface area (Å²) in [6.07, 6.45) is 8.91. The van der Waals surface area contributed by atoms with Crippen LogP contribution >= 0.6 is 11.3 Å². The van der Waals surface area contributed by atoms with Gasteiger partial charge in [0, 0.05) is 12.4 Å². The van der Waals surface area contributed by atoms with Crippen molar-refractivity contribution < 1.29 is 0 Å². The first-order chi connectivity index (χ1) is 11.3. The zero-order chi connectivity index (χ0) is 15.6. The number of aryl methyl sites for hydroxylation is 1. The van der Waals surface area contributed by atoms with E-state index in [-0.39, 0.29) is 0 Å². The van der Waals surface area contributed by atoms with Crippen LogP contribution in [0, 0.1) is 6.92 Å². The highest BCUT2D eigenvalue weighted by molar-refractivity contribution is 7.17. The van der Waals surface area contributed by atoms with Gasteiger partial charge in [0.2, 0.25) is 10.8 Å². The second kappa shape index (κ2) is 5.69. The van der Waals surface area contributed by atoms with Crippen LogP contribution in [0.3, 0.4) is 0 Å². The van der Waals surface area contributed by atoms with Crippen LogP contribution in [0.25, 0.3) is 28.6 Å². The molecule has 0 radical (unpaired) electrons. The molecule has 0 amide bonds. The first-order valence-corrected chi connectivity index (χ1v) is 7.85. The quantitative estimate of drug-likeness (QED) is 0.580. The summed E-state index contributed by atoms with van der Waals surface area (Å²) in [5.74, 6) is 0.597. The minimum atomic E-state index is 0.597. The van der Waals surface area contributed by atoms with Gasteiger partial charge in [-0.1, -0.05) is 47.2 Å². The molecule has 0 fully saturated rings. The maximum atomic E-state index is 4.54. The highest BCUT2D eigenvalue weighted by Gasteiger charge is 2.13. The Balaban J connectivity index is 1.67. The van der Waals surface area contributed by atoms with Crippen LogP contribution in [0.15, 0.2) is 42.9 Å². The molecule has 1 aromatic carbocycles. The molecule has 0 unspecified atom stereocenters. The maximum Gasteiger partial charge on any atom is 0.235 e. The lowest BCUT2D eigenvalue weighted by atomic mass is 10.1. The largest absolute Gasteiger partial charge is 0.261 e. The van der Waals surface area contributed by atoms with E-state index in [0.717, 1.165) is 15.5 Å². The van der Waals surface area contributed by atoms with E-state index >= 15 is 0 Å². The topological polar surface area (TPSA) is 68.9 Å². The molecule has 0 N–H and O–H groups in total. The Hall–Kier alpha value is -2.93. The van der Waals surface area contributed by atoms with Crippen molar-refractivity contribution in [2.45, 2.75) is 6.92 Å². The maximum absolute atomic E-state index is 4.54. The van der Waals surface area contributed by atoms with Gasteiger partial charge in [0.1, 0.15) is 10.7 Å². The number of rotatable bonds is 3. The van der Waals surface area contributed by atoms with Gasteiger partial charge in [0.05, 0.1) is 6.20 Å². The molecule has 3 aromatic heterocycles. The molecule has 0 aliphatic carbocycles. The summed E-state index contributed by atoms with van der Waals surface area (Å²) in [5, 5.41) is 13.7. The van der Waals surface area contributed by atoms with Gasteiger partial charge in [-0.15, -0.1) is 10.2 Å². The summed E-state index contributed by atoms with van der Waals surface area (Å²) in [7, 11) is 0. The summed E-state index contributed by atoms with van der Waals surface area (Å²) >= 11 is 1.48. The van der Waals surface area contributed by atoms with Crippen LogP contribution < -0.4 is 0 Å². The standard InChI is InChI=1S/C16H12N6S/c1-11-2-4-12(5-3-11)6-7-14-21-22-15(19-20-16(22)23-14)13-10-17-8-9-18-13/h2-10H,1H3. The summed E-state index contributed by atoms with van der Waals surface area (Å²) in [6.45, 7) is 2.07. The van der Waals surface area contributed by atoms with Crippen molar-refractivity contribution in [3.63, 3.8) is 0 Å². The van der Waals surface area contributed by atoms with Crippen molar-refractivity contribution >= 4 is 28.4 Å². The van der Waals surface area contributed by atoms with E-state index in [9.17, 15) is 0 Å². The average Bonchev–Trinajstić information content (AvgIpc) is 3.15. The molecule has 0 bridgehead atoms. The second-order valence-corrected chi connectivity index (χ2v) is 5.98. The molecule has 0 spiro atoms. The Morgan fingerprint density at radius 1 is 1.04 bits per heavy atom. The predicted octanol–water partition coefficient (Wildman–Crippen LogP) is 3.12. The molecule has 7 heteroatoms. The lowest BCUT2D eigenvalue weighted by molar-refractivity contribution is 0.948. The zero-order valence-corrected chi connectivity index (χ0v) is 13.1. The first kappa shape index (κ1) is 13.7. The normalized spacial score (nSPS) is 11.5. The molecular formula is C16H12N6S. The van der Waals surface area contributed by atoms with Crippen LogP contribution in [-0.4, -0.2) is 29.8 Å². The molecule has 0 aliphatic heterocycles. The Labute approximate surface area is 136 Å². The minimum absolute atomic E-state index is 0.597. The number of hydrogen-bond donors (Lipinski definition) is 0. The molecule has 0 saturated carbocycles. The fourth-order valence-electron chi connectivity index (χ4n) is 2.12. The lowest BCUT2D eigenvalue weighted by Gasteiger charge is -1.94. The van der Waals surface area contributed by atoms with Crippen LogP contribution in [0.5, 0.6) is 0 Å². The van der Waals surface area contributed by atoms with E-state index in [1.165, 1.54) is 16.9 Å². The Bertz CT molecular complexity index is 969. The monoisotopic (exact) mass is 320 g/mol. The van der Waals surface area contributed by atoms with Crippen molar-refractivity contribution in [2.24, 2.45) is 0 Å². The second-order valence-electron chi connectivity index (χ2n) is 4.99. The van der Waals surface area contributed by atoms with Gasteiger partial charge in [-0.25, -0.2) is 4.98 Å². The van der Waals surface area contributed by atoms with Crippen LogP contribution in [0.1, 0.15) is 16.1 Å². The van der Waals surface area contributed by atoms with E-state index in [2.05, 4.69) is 56.5 Å². The van der Waals surface area contributed by atoms with Gasteiger partial charge >= 0.3 is 0 Å². The van der Waals surface area contributed by atoms with E-state index in [4.69, 9.17) is 0 Å². The molecule has 6 nitrogen and oxygen atoms in total. The van der Waals surface area contributed by atoms with Crippen molar-refractivity contribution in [3.05, 3.63) is 59.0 Å². The third-order valence-corrected chi connectivity index (χ3v) is 4.16. The molecule has 0 aliphatic rings. The van der Waals surface area contributed by atoms with Gasteiger partial charge in [0.15, 0.2) is 0 Å². The number of fused-ring (bicyclic) bond motifs is 1. The number of benzene rings is 1. The molecule has 0 atom stereocenters. The summed E-state index contributed by atoms with van der Waals surface area (Å²) in [4.78, 5) is 9.03. The summed E-state index contributed by atoms with van der Waals surface area (Å²) < 4.78 is 1.70. The Kier molecular flexibility index (Phi) is 3.39. The molecule has 23 heavy (non-hydrogen) atoms. The van der Waals surface area contributed by atoms with Crippen LogP contribution in [0.2, 0.25) is 0 Å². The molecule has 0 saturated heterocycles. The molecule has 3 heterocycles. The number of hydrogen-bond acceptors (Lipinski definition) is 6. The van der Waals surface area contributed by atoms with Crippen molar-refractivity contribution in [1.82, 2.24) is 29.8 Å². The summed E-state index contributed by atoms with van der Waals surface area (Å²) in [5.41, 5.74) is 3.03. The molecule has 4 rings (SSSR count). The van der Waals surface area contributed by atoms with Gasteiger partial charge in [-0.05, 0) is 18.6 Å². The third-order valence-electron chi connectivity index (χ3n) is 3.29. The highest BCUT2D eigenvalue weighted by Crippen LogP contribution is 2.21. The van der Waals surface area contributed by atoms with Crippen molar-refractivity contribution in [2.75, 3.05) is 0 Å². The number of aromatic nitrogens is 6. The zero-order valence-electron chi connectivity index (χ0n) is 12.3. The smallest absolute Gasteiger partial charge is 0.235 e. The molecule has 4 aromatic rings. The van der Waals surface area contributed by atoms with Gasteiger partial charge < -0.3 is 0 Å². The van der Waals surface area contributed by atoms with E-state index < -0.39 is 0 Å². The Morgan fingerprint density at radius 2 is 1.91 bits per heavy atom. The summed E-state index contributed by atoms with van der Waals surface area (Å²) in [6, 6.07) is 8.34. The van der Waals surface area contributed by atoms with E-state index in [1.807, 2.05) is 12.2 Å². The van der Waals surface area contributed by atoms with Gasteiger partial charge in [-0.2, -0.15) is 9.61 Å². The van der Waals surface area contributed by atoms with E-state index in [0.29, 0.717) is 11.5 Å². The average molecular weight is 320 g/mol.